The number of ether oxygens (including phenoxy) is 1. The molecule has 3 heterocycles. The van der Waals surface area contributed by atoms with Crippen molar-refractivity contribution in [3.05, 3.63) is 83.5 Å². The standard InChI is InChI=1S/C33H32FN7O4/c1-19-29(20(2)45-39-19)22-7-11-26-28(17-22)37-30(38-31(26)41-13-15-44-16-14-41)21-5-8-23(9-6-21)35-33(43)36-24-10-12-25(27(34)18-24)32(42)40(3)4/h5-12,17-18H,13-16H2,1-4H3,(H2,35,36,43). The number of aromatic nitrogens is 3. The molecular weight excluding hydrogens is 577 g/mol. The molecule has 1 fully saturated rings. The third-order valence-corrected chi connectivity index (χ3v) is 7.57. The number of amides is 3. The number of carbonyl (C=O) groups is 2. The van der Waals surface area contributed by atoms with Gasteiger partial charge >= 0.3 is 6.03 Å². The summed E-state index contributed by atoms with van der Waals surface area (Å²) in [6.45, 7) is 6.47. The van der Waals surface area contributed by atoms with Crippen molar-refractivity contribution in [2.75, 3.05) is 55.9 Å². The lowest BCUT2D eigenvalue weighted by Gasteiger charge is -2.29. The zero-order valence-corrected chi connectivity index (χ0v) is 25.3. The van der Waals surface area contributed by atoms with Crippen LogP contribution < -0.4 is 15.5 Å². The molecule has 45 heavy (non-hydrogen) atoms. The summed E-state index contributed by atoms with van der Waals surface area (Å²) in [5.41, 5.74) is 4.92. The quantitative estimate of drug-likeness (QED) is 0.244. The Balaban J connectivity index is 1.25. The maximum Gasteiger partial charge on any atom is 0.323 e. The Kier molecular flexibility index (Phi) is 8.14. The molecule has 2 N–H and O–H groups in total. The van der Waals surface area contributed by atoms with Gasteiger partial charge in [0, 0.05) is 55.1 Å². The van der Waals surface area contributed by atoms with Gasteiger partial charge in [0.2, 0.25) is 0 Å². The minimum Gasteiger partial charge on any atom is -0.378 e. The molecule has 0 atom stereocenters. The first-order valence-corrected chi connectivity index (χ1v) is 14.5. The normalized spacial score (nSPS) is 13.1. The summed E-state index contributed by atoms with van der Waals surface area (Å²) in [4.78, 5) is 38.1. The Morgan fingerprint density at radius 1 is 0.889 bits per heavy atom. The van der Waals surface area contributed by atoms with Crippen LogP contribution in [0.4, 0.5) is 26.4 Å². The van der Waals surface area contributed by atoms with Crippen molar-refractivity contribution < 1.29 is 23.2 Å². The molecule has 0 aliphatic carbocycles. The first-order valence-electron chi connectivity index (χ1n) is 14.5. The Labute approximate surface area is 259 Å². The van der Waals surface area contributed by atoms with Crippen LogP contribution in [0.1, 0.15) is 21.8 Å². The number of rotatable bonds is 6. The van der Waals surface area contributed by atoms with E-state index in [1.807, 2.05) is 44.2 Å². The van der Waals surface area contributed by atoms with E-state index in [1.54, 1.807) is 26.2 Å². The second-order valence-electron chi connectivity index (χ2n) is 11.0. The van der Waals surface area contributed by atoms with E-state index < -0.39 is 17.8 Å². The minimum absolute atomic E-state index is 0.0748. The fraction of sp³-hybridized carbons (Fsp3) is 0.242. The van der Waals surface area contributed by atoms with E-state index in [-0.39, 0.29) is 11.3 Å². The predicted molar refractivity (Wildman–Crippen MR) is 170 cm³/mol. The van der Waals surface area contributed by atoms with E-state index in [4.69, 9.17) is 19.2 Å². The van der Waals surface area contributed by atoms with Crippen LogP contribution in [0.2, 0.25) is 0 Å². The smallest absolute Gasteiger partial charge is 0.323 e. The highest BCUT2D eigenvalue weighted by Crippen LogP contribution is 2.34. The number of fused-ring (bicyclic) bond motifs is 1. The monoisotopic (exact) mass is 609 g/mol. The van der Waals surface area contributed by atoms with Gasteiger partial charge < -0.3 is 29.7 Å². The van der Waals surface area contributed by atoms with E-state index in [9.17, 15) is 14.0 Å². The van der Waals surface area contributed by atoms with Gasteiger partial charge in [0.1, 0.15) is 17.4 Å². The van der Waals surface area contributed by atoms with Gasteiger partial charge in [-0.2, -0.15) is 0 Å². The van der Waals surface area contributed by atoms with Crippen molar-refractivity contribution in [1.82, 2.24) is 20.0 Å². The van der Waals surface area contributed by atoms with Crippen molar-refractivity contribution in [3.63, 3.8) is 0 Å². The zero-order chi connectivity index (χ0) is 31.7. The van der Waals surface area contributed by atoms with Crippen molar-refractivity contribution in [3.8, 4) is 22.5 Å². The topological polar surface area (TPSA) is 126 Å². The zero-order valence-electron chi connectivity index (χ0n) is 25.3. The summed E-state index contributed by atoms with van der Waals surface area (Å²) >= 11 is 0. The van der Waals surface area contributed by atoms with E-state index in [0.717, 1.165) is 50.9 Å². The van der Waals surface area contributed by atoms with Gasteiger partial charge in [-0.05, 0) is 74.0 Å². The van der Waals surface area contributed by atoms with Gasteiger partial charge in [-0.25, -0.2) is 19.2 Å². The summed E-state index contributed by atoms with van der Waals surface area (Å²) in [5.74, 6) is 0.927. The number of nitrogens with one attached hydrogen (secondary N) is 2. The van der Waals surface area contributed by atoms with Crippen LogP contribution in [0.5, 0.6) is 0 Å². The second-order valence-corrected chi connectivity index (χ2v) is 11.0. The number of morpholine rings is 1. The molecule has 1 aliphatic heterocycles. The number of hydrogen-bond donors (Lipinski definition) is 2. The molecule has 5 aromatic rings. The minimum atomic E-state index is -0.721. The van der Waals surface area contributed by atoms with Gasteiger partial charge in [-0.15, -0.1) is 0 Å². The number of urea groups is 1. The van der Waals surface area contributed by atoms with Gasteiger partial charge in [0.25, 0.3) is 5.91 Å². The van der Waals surface area contributed by atoms with Gasteiger partial charge in [0.15, 0.2) is 5.82 Å². The molecule has 12 heteroatoms. The summed E-state index contributed by atoms with van der Waals surface area (Å²) in [5, 5.41) is 10.4. The average molecular weight is 610 g/mol. The molecule has 0 radical (unpaired) electrons. The number of aryl methyl sites for hydroxylation is 2. The Morgan fingerprint density at radius 2 is 1.58 bits per heavy atom. The molecule has 6 rings (SSSR count). The first-order chi connectivity index (χ1) is 21.7. The number of carbonyl (C=O) groups excluding carboxylic acids is 2. The van der Waals surface area contributed by atoms with E-state index >= 15 is 0 Å². The van der Waals surface area contributed by atoms with E-state index in [0.29, 0.717) is 37.8 Å². The molecule has 230 valence electrons. The number of anilines is 3. The van der Waals surface area contributed by atoms with Crippen LogP contribution in [0.3, 0.4) is 0 Å². The molecule has 0 bridgehead atoms. The third-order valence-electron chi connectivity index (χ3n) is 7.57. The number of nitrogens with zero attached hydrogens (tertiary/aromatic N) is 5. The number of halogens is 1. The van der Waals surface area contributed by atoms with E-state index in [2.05, 4.69) is 20.7 Å². The molecule has 3 amide bonds. The van der Waals surface area contributed by atoms with Crippen LogP contribution in [-0.2, 0) is 4.74 Å². The highest BCUT2D eigenvalue weighted by atomic mass is 19.1. The number of benzene rings is 3. The molecule has 1 aliphatic rings. The van der Waals surface area contributed by atoms with Crippen LogP contribution >= 0.6 is 0 Å². The SMILES string of the molecule is Cc1noc(C)c1-c1ccc2c(N3CCOCC3)nc(-c3ccc(NC(=O)Nc4ccc(C(=O)N(C)C)c(F)c4)cc3)nc2c1. The summed E-state index contributed by atoms with van der Waals surface area (Å²) < 4.78 is 25.5. The maximum absolute atomic E-state index is 14.5. The molecule has 3 aromatic carbocycles. The molecular formula is C33H32FN7O4. The molecule has 0 unspecified atom stereocenters. The lowest BCUT2D eigenvalue weighted by molar-refractivity contribution is 0.0823. The molecule has 11 nitrogen and oxygen atoms in total. The molecule has 0 spiro atoms. The largest absolute Gasteiger partial charge is 0.378 e. The van der Waals surface area contributed by atoms with Crippen molar-refractivity contribution in [1.29, 1.82) is 0 Å². The van der Waals surface area contributed by atoms with Crippen molar-refractivity contribution in [2.45, 2.75) is 13.8 Å². The fourth-order valence-electron chi connectivity index (χ4n) is 5.31. The third kappa shape index (κ3) is 6.18. The predicted octanol–water partition coefficient (Wildman–Crippen LogP) is 5.89. The number of hydrogen-bond acceptors (Lipinski definition) is 8. The van der Waals surface area contributed by atoms with Crippen LogP contribution in [0, 0.1) is 19.7 Å². The van der Waals surface area contributed by atoms with Gasteiger partial charge in [0.05, 0.1) is 30.0 Å². The molecule has 1 saturated heterocycles. The fourth-order valence-corrected chi connectivity index (χ4v) is 5.31. The van der Waals surface area contributed by atoms with Gasteiger partial charge in [-0.3, -0.25) is 4.79 Å². The van der Waals surface area contributed by atoms with Crippen molar-refractivity contribution >= 4 is 40.0 Å². The maximum atomic E-state index is 14.5. The Hall–Kier alpha value is -5.36. The van der Waals surface area contributed by atoms with Crippen molar-refractivity contribution in [2.24, 2.45) is 0 Å². The summed E-state index contributed by atoms with van der Waals surface area (Å²) in [6.07, 6.45) is 0. The first kappa shape index (κ1) is 29.7. The summed E-state index contributed by atoms with van der Waals surface area (Å²) in [7, 11) is 3.08. The lowest BCUT2D eigenvalue weighted by Crippen LogP contribution is -2.37. The van der Waals surface area contributed by atoms with Gasteiger partial charge in [-0.1, -0.05) is 11.2 Å². The molecule has 0 saturated carbocycles. The van der Waals surface area contributed by atoms with E-state index in [1.165, 1.54) is 17.0 Å². The Bertz CT molecular complexity index is 1880. The van der Waals surface area contributed by atoms with Crippen LogP contribution in [0.25, 0.3) is 33.4 Å². The highest BCUT2D eigenvalue weighted by Gasteiger charge is 2.20. The van der Waals surface area contributed by atoms with Crippen LogP contribution in [-0.4, -0.2) is 72.4 Å². The second kappa shape index (κ2) is 12.3. The highest BCUT2D eigenvalue weighted by molar-refractivity contribution is 6.01. The summed E-state index contributed by atoms with van der Waals surface area (Å²) in [6, 6.07) is 16.6. The van der Waals surface area contributed by atoms with Crippen LogP contribution in [0.15, 0.2) is 65.2 Å². The average Bonchev–Trinajstić information content (AvgIpc) is 3.37. The Morgan fingerprint density at radius 3 is 2.24 bits per heavy atom. The molecule has 2 aromatic heterocycles. The lowest BCUT2D eigenvalue weighted by atomic mass is 10.0.